The van der Waals surface area contributed by atoms with Crippen LogP contribution in [0.4, 0.5) is 18.0 Å². The Bertz CT molecular complexity index is 1790. The summed E-state index contributed by atoms with van der Waals surface area (Å²) in [6.07, 6.45) is -2.13. The van der Waals surface area contributed by atoms with Crippen LogP contribution in [0.1, 0.15) is 58.2 Å². The van der Waals surface area contributed by atoms with Gasteiger partial charge >= 0.3 is 12.3 Å². The Kier molecular flexibility index (Phi) is 10.6. The highest BCUT2D eigenvalue weighted by Crippen LogP contribution is 2.37. The fourth-order valence-electron chi connectivity index (χ4n) is 4.83. The van der Waals surface area contributed by atoms with Crippen molar-refractivity contribution in [2.45, 2.75) is 38.9 Å². The van der Waals surface area contributed by atoms with Crippen LogP contribution in [0.3, 0.4) is 0 Å². The predicted molar refractivity (Wildman–Crippen MR) is 171 cm³/mol. The summed E-state index contributed by atoms with van der Waals surface area (Å²) >= 11 is 14.1. The molecule has 0 radical (unpaired) electrons. The molecule has 14 heteroatoms. The second-order valence-electron chi connectivity index (χ2n) is 10.2. The van der Waals surface area contributed by atoms with Gasteiger partial charge in [-0.2, -0.15) is 18.3 Å². The number of halogens is 5. The molecule has 2 aromatic heterocycles. The third-order valence-electron chi connectivity index (χ3n) is 7.02. The third kappa shape index (κ3) is 8.03. The van der Waals surface area contributed by atoms with Gasteiger partial charge in [0, 0.05) is 29.2 Å². The number of nitrogens with one attached hydrogen (secondary N) is 2. The first-order valence-corrected chi connectivity index (χ1v) is 15.9. The molecule has 2 aromatic carbocycles. The first kappa shape index (κ1) is 33.3. The molecular weight excluding hydrogens is 662 g/mol. The van der Waals surface area contributed by atoms with E-state index in [4.69, 9.17) is 33.0 Å². The molecule has 0 bridgehead atoms. The number of hydrogen-bond acceptors (Lipinski definition) is 6. The fourth-order valence-corrected chi connectivity index (χ4v) is 6.24. The van der Waals surface area contributed by atoms with Gasteiger partial charge < -0.3 is 10.1 Å². The van der Waals surface area contributed by atoms with E-state index in [1.165, 1.54) is 28.2 Å². The molecule has 1 aliphatic heterocycles. The van der Waals surface area contributed by atoms with Crippen molar-refractivity contribution in [3.05, 3.63) is 91.9 Å². The van der Waals surface area contributed by atoms with Crippen LogP contribution in [0.15, 0.2) is 54.6 Å². The Balaban J connectivity index is 1.58. The van der Waals surface area contributed by atoms with Crippen molar-refractivity contribution < 1.29 is 27.5 Å². The number of hydrogen-bond donors (Lipinski definition) is 2. The molecule has 4 aromatic rings. The van der Waals surface area contributed by atoms with Crippen LogP contribution in [-0.2, 0) is 17.5 Å². The number of amides is 2. The molecule has 240 valence electrons. The average molecular weight is 691 g/mol. The number of rotatable bonds is 7. The summed E-state index contributed by atoms with van der Waals surface area (Å²) in [6.45, 7) is 3.15. The molecule has 1 aliphatic rings. The number of hydrazine groups is 1. The van der Waals surface area contributed by atoms with Crippen molar-refractivity contribution in [2.75, 3.05) is 19.7 Å². The minimum absolute atomic E-state index is 0.0779. The van der Waals surface area contributed by atoms with Gasteiger partial charge in [0.1, 0.15) is 0 Å². The number of carbonyl (C=O) groups excluding carboxylic acids is 2. The highest BCUT2D eigenvalue weighted by molar-refractivity contribution is 7.16. The summed E-state index contributed by atoms with van der Waals surface area (Å²) in [5, 5.41) is 9.94. The van der Waals surface area contributed by atoms with Crippen molar-refractivity contribution in [1.82, 2.24) is 25.5 Å². The fraction of sp³-hybridized carbons (Fsp3) is 0.281. The van der Waals surface area contributed by atoms with E-state index in [-0.39, 0.29) is 23.9 Å². The minimum Gasteiger partial charge on any atom is -0.450 e. The highest BCUT2D eigenvalue weighted by atomic mass is 35.5. The summed E-state index contributed by atoms with van der Waals surface area (Å²) in [6, 6.07) is 13.0. The van der Waals surface area contributed by atoms with Crippen LogP contribution < -0.4 is 10.7 Å². The number of thiophene rings is 1. The third-order valence-corrected chi connectivity index (χ3v) is 8.56. The van der Waals surface area contributed by atoms with Crippen molar-refractivity contribution >= 4 is 46.5 Å². The predicted octanol–water partition coefficient (Wildman–Crippen LogP) is 7.70. The topological polar surface area (TPSA) is 88.5 Å². The molecule has 1 fully saturated rings. The first-order chi connectivity index (χ1) is 22.0. The summed E-state index contributed by atoms with van der Waals surface area (Å²) in [5.41, 5.74) is 4.02. The van der Waals surface area contributed by atoms with Gasteiger partial charge in [-0.15, -0.1) is 11.3 Å². The number of benzene rings is 2. The Morgan fingerprint density at radius 1 is 1.02 bits per heavy atom. The van der Waals surface area contributed by atoms with E-state index in [1.807, 2.05) is 5.01 Å². The van der Waals surface area contributed by atoms with Gasteiger partial charge in [0.25, 0.3) is 5.91 Å². The van der Waals surface area contributed by atoms with Crippen LogP contribution in [0.5, 0.6) is 0 Å². The van der Waals surface area contributed by atoms with Gasteiger partial charge in [0.05, 0.1) is 44.9 Å². The summed E-state index contributed by atoms with van der Waals surface area (Å²) in [4.78, 5) is 27.3. The molecule has 2 amide bonds. The summed E-state index contributed by atoms with van der Waals surface area (Å²) in [5.74, 6) is 5.44. The number of nitrogens with zero attached hydrogens (tertiary/aromatic N) is 3. The molecule has 5 rings (SSSR count). The van der Waals surface area contributed by atoms with Gasteiger partial charge in [0.2, 0.25) is 0 Å². The van der Waals surface area contributed by atoms with Crippen LogP contribution in [-0.4, -0.2) is 46.5 Å². The van der Waals surface area contributed by atoms with Crippen molar-refractivity contribution in [3.63, 3.8) is 0 Å². The van der Waals surface area contributed by atoms with Crippen LogP contribution in [0.25, 0.3) is 16.3 Å². The van der Waals surface area contributed by atoms with Crippen LogP contribution >= 0.6 is 34.5 Å². The summed E-state index contributed by atoms with van der Waals surface area (Å²) in [7, 11) is 0. The number of ether oxygens (including phenoxy) is 1. The largest absolute Gasteiger partial charge is 0.450 e. The maximum Gasteiger partial charge on any atom is 0.416 e. The molecule has 0 atom stereocenters. The van der Waals surface area contributed by atoms with Crippen LogP contribution in [0, 0.1) is 11.8 Å². The van der Waals surface area contributed by atoms with E-state index < -0.39 is 23.7 Å². The molecule has 8 nitrogen and oxygen atoms in total. The van der Waals surface area contributed by atoms with Crippen LogP contribution in [0.2, 0.25) is 10.0 Å². The molecule has 46 heavy (non-hydrogen) atoms. The lowest BCUT2D eigenvalue weighted by atomic mass is 10.1. The number of alkyl halides is 3. The van der Waals surface area contributed by atoms with E-state index in [0.29, 0.717) is 50.4 Å². The Labute approximate surface area is 277 Å². The van der Waals surface area contributed by atoms with E-state index in [1.54, 1.807) is 37.3 Å². The molecule has 0 unspecified atom stereocenters. The smallest absolute Gasteiger partial charge is 0.416 e. The number of aromatic nitrogens is 2. The zero-order valence-corrected chi connectivity index (χ0v) is 26.8. The van der Waals surface area contributed by atoms with Gasteiger partial charge in [-0.05, 0) is 74.4 Å². The van der Waals surface area contributed by atoms with Gasteiger partial charge in [0.15, 0.2) is 5.69 Å². The second kappa shape index (κ2) is 14.6. The molecule has 0 aliphatic carbocycles. The zero-order valence-electron chi connectivity index (χ0n) is 24.5. The normalized spacial score (nSPS) is 13.5. The average Bonchev–Trinajstić information content (AvgIpc) is 3.64. The number of carbonyl (C=O) groups is 2. The quantitative estimate of drug-likeness (QED) is 0.194. The van der Waals surface area contributed by atoms with E-state index in [0.717, 1.165) is 31.4 Å². The lowest BCUT2D eigenvalue weighted by Gasteiger charge is -2.26. The molecule has 2 N–H and O–H groups in total. The zero-order chi connectivity index (χ0) is 32.8. The highest BCUT2D eigenvalue weighted by Gasteiger charge is 2.30. The first-order valence-electron chi connectivity index (χ1n) is 14.4. The summed E-state index contributed by atoms with van der Waals surface area (Å²) < 4.78 is 45.5. The lowest BCUT2D eigenvalue weighted by Crippen LogP contribution is -2.45. The van der Waals surface area contributed by atoms with Crippen molar-refractivity contribution in [1.29, 1.82) is 0 Å². The molecule has 0 saturated carbocycles. The maximum atomic E-state index is 13.7. The molecular formula is C32H28Cl2F3N5O3S. The van der Waals surface area contributed by atoms with Gasteiger partial charge in [-0.25, -0.2) is 14.5 Å². The van der Waals surface area contributed by atoms with E-state index in [9.17, 15) is 22.8 Å². The van der Waals surface area contributed by atoms with Crippen molar-refractivity contribution in [3.8, 4) is 28.1 Å². The van der Waals surface area contributed by atoms with E-state index >= 15 is 0 Å². The Morgan fingerprint density at radius 2 is 1.76 bits per heavy atom. The maximum absolute atomic E-state index is 13.7. The molecule has 3 heterocycles. The SMILES string of the molecule is CCOC(=O)NCc1c(C(=O)NN2CCCCC2)nn(-c2ccc(Cl)cc2Cl)c1-c1ccc(C#Cc2ccc(C(F)(F)F)cc2)s1. The number of piperidine rings is 1. The molecule has 1 saturated heterocycles. The Morgan fingerprint density at radius 3 is 2.43 bits per heavy atom. The standard InChI is InChI=1S/C32H28Cl2F3N5O3S/c1-2-45-31(44)38-19-24-28(30(43)40-41-16-4-3-5-17-41)39-42(26-14-11-22(33)18-25(26)34)29(24)27-15-13-23(46-27)12-8-20-6-9-21(10-7-20)32(35,36)37/h6-7,9-11,13-15,18H,2-5,16-17,19H2,1H3,(H,38,44)(H,40,43). The van der Waals surface area contributed by atoms with E-state index in [2.05, 4.69) is 22.6 Å². The number of alkyl carbamates (subject to hydrolysis) is 1. The lowest BCUT2D eigenvalue weighted by molar-refractivity contribution is -0.137. The Hall–Kier alpha value is -4.02. The minimum atomic E-state index is -4.44. The van der Waals surface area contributed by atoms with Gasteiger partial charge in [-0.1, -0.05) is 41.5 Å². The van der Waals surface area contributed by atoms with Gasteiger partial charge in [-0.3, -0.25) is 10.2 Å². The second-order valence-corrected chi connectivity index (χ2v) is 12.2. The molecule has 0 spiro atoms. The van der Waals surface area contributed by atoms with Crippen molar-refractivity contribution in [2.24, 2.45) is 0 Å². The monoisotopic (exact) mass is 689 g/mol.